The Morgan fingerprint density at radius 1 is 1.26 bits per heavy atom. The summed E-state index contributed by atoms with van der Waals surface area (Å²) in [6.07, 6.45) is 0. The number of aromatic nitrogens is 2. The van der Waals surface area contributed by atoms with Crippen molar-refractivity contribution in [3.63, 3.8) is 0 Å². The third kappa shape index (κ3) is 3.15. The first-order valence-corrected chi connectivity index (χ1v) is 7.93. The van der Waals surface area contributed by atoms with E-state index in [2.05, 4.69) is 25.9 Å². The van der Waals surface area contributed by atoms with Gasteiger partial charge < -0.3 is 14.5 Å². The van der Waals surface area contributed by atoms with Gasteiger partial charge in [0, 0.05) is 5.56 Å². The van der Waals surface area contributed by atoms with Crippen LogP contribution in [0.15, 0.2) is 40.9 Å². The summed E-state index contributed by atoms with van der Waals surface area (Å²) in [7, 11) is 0. The smallest absolute Gasteiger partial charge is 0.176 e. The van der Waals surface area contributed by atoms with Crippen molar-refractivity contribution in [3.05, 3.63) is 40.9 Å². The maximum absolute atomic E-state index is 8.71. The van der Waals surface area contributed by atoms with Crippen LogP contribution in [-0.2, 0) is 0 Å². The van der Waals surface area contributed by atoms with E-state index in [0.717, 1.165) is 22.4 Å². The number of hydrogen-bond acceptors (Lipinski definition) is 4. The zero-order valence-corrected chi connectivity index (χ0v) is 14.1. The van der Waals surface area contributed by atoms with Crippen molar-refractivity contribution in [2.24, 2.45) is 0 Å². The van der Waals surface area contributed by atoms with E-state index in [4.69, 9.17) is 14.7 Å². The van der Waals surface area contributed by atoms with E-state index in [0.29, 0.717) is 22.6 Å². The lowest BCUT2D eigenvalue weighted by Gasteiger charge is -2.13. The van der Waals surface area contributed by atoms with Crippen molar-refractivity contribution in [2.75, 3.05) is 13.2 Å². The molecular weight excluding hydrogens is 358 g/mol. The number of nitrogens with one attached hydrogen (secondary N) is 1. The Kier molecular flexibility index (Phi) is 4.49. The molecule has 0 atom stereocenters. The molecular formula is C17H14BrN3O2. The summed E-state index contributed by atoms with van der Waals surface area (Å²) < 4.78 is 11.8. The van der Waals surface area contributed by atoms with Crippen LogP contribution < -0.4 is 9.47 Å². The first kappa shape index (κ1) is 15.4. The van der Waals surface area contributed by atoms with E-state index < -0.39 is 0 Å². The molecule has 1 N–H and O–H groups in total. The third-order valence-electron chi connectivity index (χ3n) is 3.25. The van der Waals surface area contributed by atoms with Crippen LogP contribution in [-0.4, -0.2) is 23.2 Å². The molecule has 2 aromatic carbocycles. The van der Waals surface area contributed by atoms with Gasteiger partial charge in [-0.05, 0) is 47.1 Å². The second-order valence-electron chi connectivity index (χ2n) is 4.77. The highest BCUT2D eigenvalue weighted by molar-refractivity contribution is 9.10. The number of imidazole rings is 1. The summed E-state index contributed by atoms with van der Waals surface area (Å²) in [6.45, 7) is 2.36. The molecule has 3 aromatic rings. The Balaban J connectivity index is 2.07. The van der Waals surface area contributed by atoms with Crippen molar-refractivity contribution in [3.8, 4) is 29.0 Å². The number of nitriles is 1. The first-order chi connectivity index (χ1) is 11.2. The third-order valence-corrected chi connectivity index (χ3v) is 3.84. The predicted molar refractivity (Wildman–Crippen MR) is 91.5 cm³/mol. The molecule has 6 heteroatoms. The molecule has 0 aliphatic carbocycles. The van der Waals surface area contributed by atoms with Crippen molar-refractivity contribution < 1.29 is 9.47 Å². The summed E-state index contributed by atoms with van der Waals surface area (Å²) in [4.78, 5) is 7.88. The molecule has 0 spiro atoms. The van der Waals surface area contributed by atoms with E-state index in [1.165, 1.54) is 0 Å². The molecule has 0 bridgehead atoms. The van der Waals surface area contributed by atoms with Crippen molar-refractivity contribution in [1.29, 1.82) is 5.26 Å². The van der Waals surface area contributed by atoms with Crippen LogP contribution in [0, 0.1) is 11.3 Å². The minimum absolute atomic E-state index is 0.0390. The maximum atomic E-state index is 8.71. The average molecular weight is 372 g/mol. The summed E-state index contributed by atoms with van der Waals surface area (Å²) in [5.74, 6) is 1.85. The molecule has 23 heavy (non-hydrogen) atoms. The summed E-state index contributed by atoms with van der Waals surface area (Å²) in [5.41, 5.74) is 2.75. The van der Waals surface area contributed by atoms with Crippen LogP contribution in [0.25, 0.3) is 22.4 Å². The van der Waals surface area contributed by atoms with Gasteiger partial charge in [0.2, 0.25) is 0 Å². The minimum Gasteiger partial charge on any atom is -0.490 e. The van der Waals surface area contributed by atoms with Gasteiger partial charge in [-0.15, -0.1) is 0 Å². The maximum Gasteiger partial charge on any atom is 0.176 e. The fraction of sp³-hybridized carbons (Fsp3) is 0.176. The van der Waals surface area contributed by atoms with Crippen LogP contribution in [0.3, 0.4) is 0 Å². The van der Waals surface area contributed by atoms with Gasteiger partial charge in [-0.1, -0.05) is 12.1 Å². The molecule has 0 fully saturated rings. The lowest BCUT2D eigenvalue weighted by atomic mass is 10.2. The Morgan fingerprint density at radius 3 is 2.83 bits per heavy atom. The summed E-state index contributed by atoms with van der Waals surface area (Å²) in [6, 6.07) is 13.6. The van der Waals surface area contributed by atoms with E-state index in [1.807, 2.05) is 49.4 Å². The molecule has 0 saturated heterocycles. The lowest BCUT2D eigenvalue weighted by molar-refractivity contribution is 0.297. The summed E-state index contributed by atoms with van der Waals surface area (Å²) in [5, 5.41) is 8.71. The van der Waals surface area contributed by atoms with Gasteiger partial charge in [0.05, 0.1) is 22.1 Å². The van der Waals surface area contributed by atoms with E-state index >= 15 is 0 Å². The van der Waals surface area contributed by atoms with Gasteiger partial charge in [0.15, 0.2) is 18.1 Å². The van der Waals surface area contributed by atoms with Gasteiger partial charge in [-0.25, -0.2) is 4.98 Å². The number of para-hydroxylation sites is 2. The second kappa shape index (κ2) is 6.71. The molecule has 3 rings (SSSR count). The zero-order chi connectivity index (χ0) is 16.2. The number of aromatic amines is 1. The number of ether oxygens (including phenoxy) is 2. The molecule has 0 saturated carbocycles. The van der Waals surface area contributed by atoms with Crippen LogP contribution in [0.5, 0.6) is 11.5 Å². The highest BCUT2D eigenvalue weighted by Gasteiger charge is 2.15. The molecule has 0 aliphatic rings. The Morgan fingerprint density at radius 2 is 2.09 bits per heavy atom. The van der Waals surface area contributed by atoms with E-state index in [-0.39, 0.29) is 6.61 Å². The van der Waals surface area contributed by atoms with Gasteiger partial charge >= 0.3 is 0 Å². The number of H-pyrrole nitrogens is 1. The molecule has 5 nitrogen and oxygen atoms in total. The number of halogens is 1. The fourth-order valence-electron chi connectivity index (χ4n) is 2.30. The standard InChI is InChI=1S/C17H14BrN3O2/c1-2-22-15-10-11(9-12(18)16(15)23-8-7-19)17-20-13-5-3-4-6-14(13)21-17/h3-6,9-10H,2,8H2,1H3,(H,20,21). The number of hydrogen-bond donors (Lipinski definition) is 1. The Hall–Kier alpha value is -2.52. The predicted octanol–water partition coefficient (Wildman–Crippen LogP) is 4.29. The molecule has 0 radical (unpaired) electrons. The quantitative estimate of drug-likeness (QED) is 0.725. The lowest BCUT2D eigenvalue weighted by Crippen LogP contribution is -2.00. The van der Waals surface area contributed by atoms with Gasteiger partial charge in [0.25, 0.3) is 0 Å². The Labute approximate surface area is 142 Å². The normalized spacial score (nSPS) is 10.5. The number of rotatable bonds is 5. The number of fused-ring (bicyclic) bond motifs is 1. The molecule has 116 valence electrons. The monoisotopic (exact) mass is 371 g/mol. The van der Waals surface area contributed by atoms with E-state index in [1.54, 1.807) is 0 Å². The number of benzene rings is 2. The number of nitrogens with zero attached hydrogens (tertiary/aromatic N) is 2. The average Bonchev–Trinajstić information content (AvgIpc) is 2.98. The Bertz CT molecular complexity index is 850. The van der Waals surface area contributed by atoms with Gasteiger partial charge in [0.1, 0.15) is 11.9 Å². The van der Waals surface area contributed by atoms with Gasteiger partial charge in [-0.3, -0.25) is 0 Å². The van der Waals surface area contributed by atoms with Crippen LogP contribution in [0.2, 0.25) is 0 Å². The minimum atomic E-state index is -0.0390. The topological polar surface area (TPSA) is 70.9 Å². The van der Waals surface area contributed by atoms with E-state index in [9.17, 15) is 0 Å². The van der Waals surface area contributed by atoms with Crippen LogP contribution in [0.4, 0.5) is 0 Å². The van der Waals surface area contributed by atoms with Crippen molar-refractivity contribution in [2.45, 2.75) is 6.92 Å². The second-order valence-corrected chi connectivity index (χ2v) is 5.62. The molecule has 0 amide bonds. The van der Waals surface area contributed by atoms with Crippen LogP contribution >= 0.6 is 15.9 Å². The molecule has 1 heterocycles. The highest BCUT2D eigenvalue weighted by atomic mass is 79.9. The molecule has 0 aliphatic heterocycles. The largest absolute Gasteiger partial charge is 0.490 e. The first-order valence-electron chi connectivity index (χ1n) is 7.14. The van der Waals surface area contributed by atoms with Crippen molar-refractivity contribution in [1.82, 2.24) is 9.97 Å². The van der Waals surface area contributed by atoms with Crippen molar-refractivity contribution >= 4 is 27.0 Å². The highest BCUT2D eigenvalue weighted by Crippen LogP contribution is 2.39. The van der Waals surface area contributed by atoms with Crippen LogP contribution in [0.1, 0.15) is 6.92 Å². The fourth-order valence-corrected chi connectivity index (χ4v) is 2.86. The molecule has 0 unspecified atom stereocenters. The summed E-state index contributed by atoms with van der Waals surface area (Å²) >= 11 is 3.48. The van der Waals surface area contributed by atoms with Gasteiger partial charge in [-0.2, -0.15) is 5.26 Å². The zero-order valence-electron chi connectivity index (χ0n) is 12.5. The SMILES string of the molecule is CCOc1cc(-c2nc3ccccc3[nH]2)cc(Br)c1OCC#N. The molecule has 1 aromatic heterocycles.